The van der Waals surface area contributed by atoms with Gasteiger partial charge in [-0.05, 0) is 6.42 Å². The van der Waals surface area contributed by atoms with Gasteiger partial charge in [-0.15, -0.1) is 0 Å². The first-order chi connectivity index (χ1) is 8.91. The molecule has 2 nitrogen and oxygen atoms in total. The fourth-order valence-corrected chi connectivity index (χ4v) is 2.16. The van der Waals surface area contributed by atoms with E-state index in [0.29, 0.717) is 6.61 Å². The van der Waals surface area contributed by atoms with Crippen molar-refractivity contribution in [2.45, 2.75) is 84.0 Å². The maximum atomic E-state index is 9.87. The van der Waals surface area contributed by atoms with Gasteiger partial charge < -0.3 is 4.74 Å². The molecule has 107 valence electrons. The van der Waals surface area contributed by atoms with E-state index in [1.54, 1.807) is 6.29 Å². The van der Waals surface area contributed by atoms with Crippen LogP contribution in [-0.4, -0.2) is 19.5 Å². The third kappa shape index (κ3) is 15.6. The summed E-state index contributed by atoms with van der Waals surface area (Å²) in [6.45, 7) is 3.12. The highest BCUT2D eigenvalue weighted by molar-refractivity contribution is 5.51. The maximum Gasteiger partial charge on any atom is 0.226 e. The lowest BCUT2D eigenvalue weighted by molar-refractivity contribution is 0.164. The van der Waals surface area contributed by atoms with Crippen molar-refractivity contribution in [3.05, 3.63) is 0 Å². The summed E-state index contributed by atoms with van der Waals surface area (Å²) in [4.78, 5) is 9.87. The minimum atomic E-state index is 0.137. The third-order valence-corrected chi connectivity index (χ3v) is 3.30. The van der Waals surface area contributed by atoms with Gasteiger partial charge in [-0.3, -0.25) is 4.79 Å². The van der Waals surface area contributed by atoms with Crippen molar-refractivity contribution in [1.82, 2.24) is 0 Å². The highest BCUT2D eigenvalue weighted by Crippen LogP contribution is 2.11. The molecule has 0 saturated heterocycles. The zero-order chi connectivity index (χ0) is 13.3. The summed E-state index contributed by atoms with van der Waals surface area (Å²) in [5.41, 5.74) is 0. The molecule has 0 N–H and O–H groups in total. The van der Waals surface area contributed by atoms with Gasteiger partial charge in [-0.25, -0.2) is 0 Å². The molecule has 0 aliphatic heterocycles. The molecule has 0 aliphatic rings. The summed E-state index contributed by atoms with van der Waals surface area (Å²) in [5, 5.41) is 0. The van der Waals surface area contributed by atoms with E-state index in [1.807, 2.05) is 0 Å². The van der Waals surface area contributed by atoms with Crippen LogP contribution >= 0.6 is 0 Å². The SMILES string of the molecule is CCCCCCCCCCCCCCOC[C]=O. The lowest BCUT2D eigenvalue weighted by atomic mass is 10.1. The number of hydrogen-bond donors (Lipinski definition) is 0. The Balaban J connectivity index is 2.88. The molecule has 0 atom stereocenters. The van der Waals surface area contributed by atoms with Crippen molar-refractivity contribution in [3.8, 4) is 0 Å². The second kappa shape index (κ2) is 16.6. The quantitative estimate of drug-likeness (QED) is 0.392. The molecule has 0 bridgehead atoms. The first-order valence-electron chi connectivity index (χ1n) is 7.84. The van der Waals surface area contributed by atoms with Crippen molar-refractivity contribution in [2.75, 3.05) is 13.2 Å². The Kier molecular flexibility index (Phi) is 16.3. The molecule has 0 fully saturated rings. The standard InChI is InChI=1S/C16H31O2/c1-2-3-4-5-6-7-8-9-10-11-12-13-15-18-16-14-17/h2-13,15-16H2,1H3. The fourth-order valence-electron chi connectivity index (χ4n) is 2.16. The van der Waals surface area contributed by atoms with E-state index in [9.17, 15) is 4.79 Å². The van der Waals surface area contributed by atoms with Crippen molar-refractivity contribution in [2.24, 2.45) is 0 Å². The maximum absolute atomic E-state index is 9.87. The average molecular weight is 255 g/mol. The topological polar surface area (TPSA) is 26.3 Å². The van der Waals surface area contributed by atoms with Crippen LogP contribution < -0.4 is 0 Å². The molecule has 0 rings (SSSR count). The van der Waals surface area contributed by atoms with Gasteiger partial charge in [0.2, 0.25) is 6.29 Å². The predicted molar refractivity (Wildman–Crippen MR) is 77.6 cm³/mol. The molecule has 0 amide bonds. The number of unbranched alkanes of at least 4 members (excludes halogenated alkanes) is 11. The van der Waals surface area contributed by atoms with E-state index in [1.165, 1.54) is 70.6 Å². The summed E-state index contributed by atoms with van der Waals surface area (Å²) >= 11 is 0. The molecule has 0 saturated carbocycles. The smallest absolute Gasteiger partial charge is 0.226 e. The normalized spacial score (nSPS) is 10.7. The van der Waals surface area contributed by atoms with Crippen LogP contribution in [0.25, 0.3) is 0 Å². The van der Waals surface area contributed by atoms with E-state index < -0.39 is 0 Å². The Morgan fingerprint density at radius 2 is 1.17 bits per heavy atom. The second-order valence-electron chi connectivity index (χ2n) is 5.09. The van der Waals surface area contributed by atoms with Gasteiger partial charge in [0.15, 0.2) is 0 Å². The lowest BCUT2D eigenvalue weighted by Gasteiger charge is -2.02. The van der Waals surface area contributed by atoms with Crippen LogP contribution in [0.15, 0.2) is 0 Å². The van der Waals surface area contributed by atoms with Crippen LogP contribution in [0.2, 0.25) is 0 Å². The van der Waals surface area contributed by atoms with Gasteiger partial charge in [0.05, 0.1) is 0 Å². The monoisotopic (exact) mass is 255 g/mol. The molecule has 1 radical (unpaired) electrons. The van der Waals surface area contributed by atoms with Crippen molar-refractivity contribution in [3.63, 3.8) is 0 Å². The van der Waals surface area contributed by atoms with Crippen LogP contribution in [0.5, 0.6) is 0 Å². The molecule has 0 aromatic carbocycles. The average Bonchev–Trinajstić information content (AvgIpc) is 2.39. The van der Waals surface area contributed by atoms with Crippen LogP contribution in [0, 0.1) is 0 Å². The molecule has 0 unspecified atom stereocenters. The van der Waals surface area contributed by atoms with Crippen molar-refractivity contribution < 1.29 is 9.53 Å². The fraction of sp³-hybridized carbons (Fsp3) is 0.938. The van der Waals surface area contributed by atoms with Gasteiger partial charge in [-0.2, -0.15) is 0 Å². The van der Waals surface area contributed by atoms with Crippen LogP contribution in [-0.2, 0) is 9.53 Å². The minimum absolute atomic E-state index is 0.137. The number of rotatable bonds is 15. The molecule has 18 heavy (non-hydrogen) atoms. The highest BCUT2D eigenvalue weighted by atomic mass is 16.5. The molecule has 0 aromatic rings. The molecule has 0 aromatic heterocycles. The van der Waals surface area contributed by atoms with Crippen molar-refractivity contribution in [1.29, 1.82) is 0 Å². The molecule has 2 heteroatoms. The van der Waals surface area contributed by atoms with E-state index in [-0.39, 0.29) is 6.61 Å². The Morgan fingerprint density at radius 3 is 1.61 bits per heavy atom. The first kappa shape index (κ1) is 17.6. The van der Waals surface area contributed by atoms with Gasteiger partial charge in [-0.1, -0.05) is 77.6 Å². The second-order valence-corrected chi connectivity index (χ2v) is 5.09. The summed E-state index contributed by atoms with van der Waals surface area (Å²) in [5.74, 6) is 0. The molecular weight excluding hydrogens is 224 g/mol. The highest BCUT2D eigenvalue weighted by Gasteiger charge is 1.93. The van der Waals surface area contributed by atoms with E-state index >= 15 is 0 Å². The molecule has 0 spiro atoms. The van der Waals surface area contributed by atoms with Gasteiger partial charge in [0.1, 0.15) is 6.61 Å². The van der Waals surface area contributed by atoms with Crippen LogP contribution in [0.1, 0.15) is 84.0 Å². The summed E-state index contributed by atoms with van der Waals surface area (Å²) < 4.78 is 5.05. The Hall–Kier alpha value is -0.370. The minimum Gasteiger partial charge on any atom is -0.373 e. The predicted octanol–water partition coefficient (Wildman–Crippen LogP) is 4.81. The Labute approximate surface area is 113 Å². The van der Waals surface area contributed by atoms with Gasteiger partial charge in [0.25, 0.3) is 0 Å². The van der Waals surface area contributed by atoms with E-state index in [4.69, 9.17) is 4.74 Å². The van der Waals surface area contributed by atoms with Crippen LogP contribution in [0.3, 0.4) is 0 Å². The summed E-state index contributed by atoms with van der Waals surface area (Å²) in [6.07, 6.45) is 18.0. The van der Waals surface area contributed by atoms with Gasteiger partial charge >= 0.3 is 0 Å². The van der Waals surface area contributed by atoms with E-state index in [0.717, 1.165) is 6.42 Å². The largest absolute Gasteiger partial charge is 0.373 e. The lowest BCUT2D eigenvalue weighted by Crippen LogP contribution is -1.97. The third-order valence-electron chi connectivity index (χ3n) is 3.30. The summed E-state index contributed by atoms with van der Waals surface area (Å²) in [7, 11) is 0. The Morgan fingerprint density at radius 1 is 0.722 bits per heavy atom. The summed E-state index contributed by atoms with van der Waals surface area (Å²) in [6, 6.07) is 0. The molecule has 0 aliphatic carbocycles. The first-order valence-corrected chi connectivity index (χ1v) is 7.84. The van der Waals surface area contributed by atoms with Gasteiger partial charge in [0, 0.05) is 6.61 Å². The van der Waals surface area contributed by atoms with Crippen molar-refractivity contribution >= 4 is 6.29 Å². The zero-order valence-corrected chi connectivity index (χ0v) is 12.2. The zero-order valence-electron chi connectivity index (χ0n) is 12.2. The molecular formula is C16H31O2. The number of hydrogen-bond acceptors (Lipinski definition) is 2. The number of carbonyl (C=O) groups excluding carboxylic acids is 1. The molecule has 0 heterocycles. The van der Waals surface area contributed by atoms with E-state index in [2.05, 4.69) is 6.92 Å². The van der Waals surface area contributed by atoms with Crippen LogP contribution in [0.4, 0.5) is 0 Å². The Bertz CT molecular complexity index is 157. The number of ether oxygens (including phenoxy) is 1.